The first-order valence-corrected chi connectivity index (χ1v) is 18.5. The Morgan fingerprint density at radius 1 is 0.358 bits per heavy atom. The highest BCUT2D eigenvalue weighted by molar-refractivity contribution is 6.13. The molecule has 2 aromatic heterocycles. The molecule has 2 heteroatoms. The van der Waals surface area contributed by atoms with Crippen LogP contribution in [0.1, 0.15) is 25.0 Å². The van der Waals surface area contributed by atoms with Crippen molar-refractivity contribution in [3.8, 4) is 44.8 Å². The standard InChI is InChI=1S/C51H36N2/c1-51(2)44-22-9-6-18-38(44)41-21-13-25-49(50(41)51)53-46-24-11-8-20-40(46)43-32-36(27-29-48(43)53)35-26-28-47-42(31-35)39-19-7-10-23-45(39)52(47)37-17-12-16-34(30-37)33-14-4-3-5-15-33/h3-32H,1-2H3. The van der Waals surface area contributed by atoms with Crippen molar-refractivity contribution in [2.75, 3.05) is 0 Å². The summed E-state index contributed by atoms with van der Waals surface area (Å²) in [6.45, 7) is 4.75. The van der Waals surface area contributed by atoms with E-state index in [-0.39, 0.29) is 5.41 Å². The minimum atomic E-state index is -0.113. The third kappa shape index (κ3) is 4.33. The molecule has 53 heavy (non-hydrogen) atoms. The van der Waals surface area contributed by atoms with Crippen molar-refractivity contribution in [3.05, 3.63) is 193 Å². The van der Waals surface area contributed by atoms with E-state index in [0.29, 0.717) is 0 Å². The minimum absolute atomic E-state index is 0.113. The summed E-state index contributed by atoms with van der Waals surface area (Å²) < 4.78 is 4.91. The van der Waals surface area contributed by atoms with Crippen molar-refractivity contribution < 1.29 is 0 Å². The van der Waals surface area contributed by atoms with Crippen molar-refractivity contribution in [2.45, 2.75) is 19.3 Å². The van der Waals surface area contributed by atoms with Crippen LogP contribution in [0, 0.1) is 0 Å². The fraction of sp³-hybridized carbons (Fsp3) is 0.0588. The molecule has 0 spiro atoms. The maximum absolute atomic E-state index is 2.50. The summed E-state index contributed by atoms with van der Waals surface area (Å²) in [5.74, 6) is 0. The summed E-state index contributed by atoms with van der Waals surface area (Å²) in [7, 11) is 0. The van der Waals surface area contributed by atoms with E-state index in [1.54, 1.807) is 0 Å². The average Bonchev–Trinajstić information content (AvgIpc) is 3.81. The monoisotopic (exact) mass is 676 g/mol. The Labute approximate surface area is 308 Å². The Kier molecular flexibility index (Phi) is 6.33. The predicted octanol–water partition coefficient (Wildman–Crippen LogP) is 13.5. The first-order valence-electron chi connectivity index (χ1n) is 18.5. The first kappa shape index (κ1) is 30.0. The molecule has 0 aliphatic heterocycles. The number of aromatic nitrogens is 2. The first-order chi connectivity index (χ1) is 26.1. The van der Waals surface area contributed by atoms with E-state index in [4.69, 9.17) is 0 Å². The molecule has 0 bridgehead atoms. The van der Waals surface area contributed by atoms with E-state index in [2.05, 4.69) is 205 Å². The summed E-state index contributed by atoms with van der Waals surface area (Å²) in [4.78, 5) is 0. The van der Waals surface area contributed by atoms with E-state index >= 15 is 0 Å². The highest BCUT2D eigenvalue weighted by atomic mass is 15.0. The lowest BCUT2D eigenvalue weighted by Gasteiger charge is -2.25. The topological polar surface area (TPSA) is 9.86 Å². The van der Waals surface area contributed by atoms with E-state index in [9.17, 15) is 0 Å². The molecule has 0 unspecified atom stereocenters. The largest absolute Gasteiger partial charge is 0.309 e. The van der Waals surface area contributed by atoms with Crippen molar-refractivity contribution >= 4 is 43.6 Å². The van der Waals surface area contributed by atoms with Gasteiger partial charge in [-0.15, -0.1) is 0 Å². The van der Waals surface area contributed by atoms with Crippen LogP contribution in [0.15, 0.2) is 182 Å². The molecule has 250 valence electrons. The lowest BCUT2D eigenvalue weighted by Crippen LogP contribution is -2.17. The molecule has 11 rings (SSSR count). The van der Waals surface area contributed by atoms with Crippen molar-refractivity contribution in [1.82, 2.24) is 9.13 Å². The van der Waals surface area contributed by atoms with Crippen molar-refractivity contribution in [3.63, 3.8) is 0 Å². The SMILES string of the molecule is CC1(C)c2ccccc2-c2cccc(-n3c4ccccc4c4cc(-c5ccc6c(c5)c5ccccc5n6-c5cccc(-c6ccccc6)c5)ccc43)c21. The Morgan fingerprint density at radius 2 is 0.887 bits per heavy atom. The van der Waals surface area contributed by atoms with Gasteiger partial charge in [0.2, 0.25) is 0 Å². The Bertz CT molecular complexity index is 3080. The third-order valence-electron chi connectivity index (χ3n) is 11.7. The van der Waals surface area contributed by atoms with Gasteiger partial charge in [-0.1, -0.05) is 141 Å². The molecule has 8 aromatic carbocycles. The molecule has 0 N–H and O–H groups in total. The Hall–Kier alpha value is -6.64. The van der Waals surface area contributed by atoms with Gasteiger partial charge >= 0.3 is 0 Å². The molecule has 0 atom stereocenters. The van der Waals surface area contributed by atoms with Gasteiger partial charge in [-0.05, 0) is 99.1 Å². The highest BCUT2D eigenvalue weighted by Crippen LogP contribution is 2.52. The molecule has 0 saturated heterocycles. The molecular formula is C51H36N2. The summed E-state index contributed by atoms with van der Waals surface area (Å²) in [6, 6.07) is 67.0. The van der Waals surface area contributed by atoms with Gasteiger partial charge in [-0.2, -0.15) is 0 Å². The summed E-state index contributed by atoms with van der Waals surface area (Å²) in [6.07, 6.45) is 0. The maximum atomic E-state index is 2.50. The van der Waals surface area contributed by atoms with E-state index < -0.39 is 0 Å². The molecule has 0 radical (unpaired) electrons. The molecular weight excluding hydrogens is 641 g/mol. The summed E-state index contributed by atoms with van der Waals surface area (Å²) in [5.41, 5.74) is 17.5. The number of hydrogen-bond donors (Lipinski definition) is 0. The van der Waals surface area contributed by atoms with Crippen LogP contribution in [0.4, 0.5) is 0 Å². The average molecular weight is 677 g/mol. The number of rotatable bonds is 4. The summed E-state index contributed by atoms with van der Waals surface area (Å²) in [5, 5.41) is 5.05. The quantitative estimate of drug-likeness (QED) is 0.176. The molecule has 0 amide bonds. The zero-order chi connectivity index (χ0) is 35.3. The molecule has 1 aliphatic carbocycles. The van der Waals surface area contributed by atoms with Gasteiger partial charge < -0.3 is 9.13 Å². The number of fused-ring (bicyclic) bond motifs is 9. The van der Waals surface area contributed by atoms with E-state index in [0.717, 1.165) is 0 Å². The van der Waals surface area contributed by atoms with E-state index in [1.807, 2.05) is 0 Å². The Morgan fingerprint density at radius 3 is 1.62 bits per heavy atom. The van der Waals surface area contributed by atoms with Gasteiger partial charge in [-0.25, -0.2) is 0 Å². The van der Waals surface area contributed by atoms with Crippen LogP contribution < -0.4 is 0 Å². The van der Waals surface area contributed by atoms with Gasteiger partial charge in [0.15, 0.2) is 0 Å². The second-order valence-corrected chi connectivity index (χ2v) is 15.0. The van der Waals surface area contributed by atoms with Crippen LogP contribution >= 0.6 is 0 Å². The molecule has 1 aliphatic rings. The molecule has 0 fully saturated rings. The molecule has 0 saturated carbocycles. The van der Waals surface area contributed by atoms with Gasteiger partial charge in [0.1, 0.15) is 0 Å². The van der Waals surface area contributed by atoms with Crippen LogP contribution in [-0.2, 0) is 5.41 Å². The molecule has 10 aromatic rings. The molecule has 2 nitrogen and oxygen atoms in total. The lowest BCUT2D eigenvalue weighted by molar-refractivity contribution is 0.656. The van der Waals surface area contributed by atoms with Crippen LogP contribution in [0.5, 0.6) is 0 Å². The van der Waals surface area contributed by atoms with Crippen LogP contribution in [-0.4, -0.2) is 9.13 Å². The van der Waals surface area contributed by atoms with Gasteiger partial charge in [0, 0.05) is 32.6 Å². The summed E-state index contributed by atoms with van der Waals surface area (Å²) >= 11 is 0. The van der Waals surface area contributed by atoms with Crippen LogP contribution in [0.2, 0.25) is 0 Å². The Balaban J connectivity index is 1.08. The predicted molar refractivity (Wildman–Crippen MR) is 224 cm³/mol. The normalized spacial score (nSPS) is 13.2. The lowest BCUT2D eigenvalue weighted by atomic mass is 9.81. The number of nitrogens with zero attached hydrogens (tertiary/aromatic N) is 2. The van der Waals surface area contributed by atoms with Crippen LogP contribution in [0.3, 0.4) is 0 Å². The fourth-order valence-corrected chi connectivity index (χ4v) is 9.30. The second kappa shape index (κ2) is 11.2. The van der Waals surface area contributed by atoms with Crippen LogP contribution in [0.25, 0.3) is 88.4 Å². The van der Waals surface area contributed by atoms with Gasteiger partial charge in [0.05, 0.1) is 27.8 Å². The number of benzene rings is 8. The fourth-order valence-electron chi connectivity index (χ4n) is 9.30. The zero-order valence-corrected chi connectivity index (χ0v) is 29.7. The number of hydrogen-bond acceptors (Lipinski definition) is 0. The maximum Gasteiger partial charge on any atom is 0.0541 e. The zero-order valence-electron chi connectivity index (χ0n) is 29.7. The van der Waals surface area contributed by atoms with Crippen molar-refractivity contribution in [1.29, 1.82) is 0 Å². The molecule has 2 heterocycles. The van der Waals surface area contributed by atoms with Gasteiger partial charge in [0.25, 0.3) is 0 Å². The highest BCUT2D eigenvalue weighted by Gasteiger charge is 2.38. The minimum Gasteiger partial charge on any atom is -0.309 e. The number of para-hydroxylation sites is 2. The van der Waals surface area contributed by atoms with Gasteiger partial charge in [-0.3, -0.25) is 0 Å². The second-order valence-electron chi connectivity index (χ2n) is 15.0. The third-order valence-corrected chi connectivity index (χ3v) is 11.7. The smallest absolute Gasteiger partial charge is 0.0541 e. The van der Waals surface area contributed by atoms with E-state index in [1.165, 1.54) is 99.5 Å². The van der Waals surface area contributed by atoms with Crippen molar-refractivity contribution in [2.24, 2.45) is 0 Å².